The lowest BCUT2D eigenvalue weighted by atomic mass is 10.1. The normalized spacial score (nSPS) is 16.1. The van der Waals surface area contributed by atoms with Crippen LogP contribution in [0, 0.1) is 5.82 Å². The summed E-state index contributed by atoms with van der Waals surface area (Å²) in [6.45, 7) is 6.23. The average molecular weight is 542 g/mol. The van der Waals surface area contributed by atoms with Crippen LogP contribution in [0.2, 0.25) is 0 Å². The molecule has 0 spiro atoms. The number of hydrogen-bond acceptors (Lipinski definition) is 7. The molecule has 12 heteroatoms. The summed E-state index contributed by atoms with van der Waals surface area (Å²) in [5.74, 6) is -0.625. The first-order valence-electron chi connectivity index (χ1n) is 12.5. The van der Waals surface area contributed by atoms with Gasteiger partial charge in [0.25, 0.3) is 5.91 Å². The van der Waals surface area contributed by atoms with E-state index in [-0.39, 0.29) is 11.6 Å². The van der Waals surface area contributed by atoms with E-state index in [1.54, 1.807) is 12.1 Å². The number of rotatable bonds is 9. The van der Waals surface area contributed by atoms with Crippen LogP contribution in [0.5, 0.6) is 0 Å². The van der Waals surface area contributed by atoms with Crippen LogP contribution in [0.4, 0.5) is 34.9 Å². The molecule has 0 unspecified atom stereocenters. The number of benzene rings is 1. The van der Waals surface area contributed by atoms with Gasteiger partial charge >= 0.3 is 6.18 Å². The fourth-order valence-corrected chi connectivity index (χ4v) is 4.42. The van der Waals surface area contributed by atoms with Gasteiger partial charge in [-0.3, -0.25) is 9.78 Å². The van der Waals surface area contributed by atoms with E-state index >= 15 is 0 Å². The molecule has 0 bridgehead atoms. The van der Waals surface area contributed by atoms with Crippen LogP contribution >= 0.6 is 0 Å². The van der Waals surface area contributed by atoms with Crippen molar-refractivity contribution in [2.75, 3.05) is 23.3 Å². The minimum atomic E-state index is -4.71. The van der Waals surface area contributed by atoms with Gasteiger partial charge in [-0.15, -0.1) is 0 Å². The molecule has 39 heavy (non-hydrogen) atoms. The highest BCUT2D eigenvalue weighted by atomic mass is 19.4. The van der Waals surface area contributed by atoms with Crippen molar-refractivity contribution in [3.63, 3.8) is 0 Å². The zero-order chi connectivity index (χ0) is 27.6. The van der Waals surface area contributed by atoms with E-state index in [1.165, 1.54) is 18.6 Å². The largest absolute Gasteiger partial charge is 0.418 e. The molecule has 8 nitrogen and oxygen atoms in total. The summed E-state index contributed by atoms with van der Waals surface area (Å²) >= 11 is 0. The smallest absolute Gasteiger partial charge is 0.381 e. The number of carbonyl (C=O) groups is 1. The molecule has 2 aliphatic rings. The van der Waals surface area contributed by atoms with Gasteiger partial charge in [-0.2, -0.15) is 13.2 Å². The Morgan fingerprint density at radius 2 is 1.74 bits per heavy atom. The molecule has 1 saturated carbocycles. The lowest BCUT2D eigenvalue weighted by molar-refractivity contribution is -0.137. The molecule has 3 N–H and O–H groups in total. The lowest BCUT2D eigenvalue weighted by Gasteiger charge is -2.22. The van der Waals surface area contributed by atoms with Crippen LogP contribution in [0.1, 0.15) is 47.3 Å². The van der Waals surface area contributed by atoms with Gasteiger partial charge in [0, 0.05) is 31.2 Å². The van der Waals surface area contributed by atoms with Crippen LogP contribution in [0.25, 0.3) is 0 Å². The van der Waals surface area contributed by atoms with Crippen molar-refractivity contribution in [3.8, 4) is 0 Å². The molecule has 5 rings (SSSR count). The molecule has 1 aromatic carbocycles. The number of alkyl halides is 3. The first-order valence-corrected chi connectivity index (χ1v) is 12.5. The molecule has 2 fully saturated rings. The Morgan fingerprint density at radius 1 is 1.03 bits per heavy atom. The molecule has 1 aliphatic carbocycles. The summed E-state index contributed by atoms with van der Waals surface area (Å²) in [5, 5.41) is 8.85. The maximum Gasteiger partial charge on any atom is 0.418 e. The summed E-state index contributed by atoms with van der Waals surface area (Å²) in [4.78, 5) is 27.9. The van der Waals surface area contributed by atoms with Gasteiger partial charge in [0.15, 0.2) is 0 Å². The van der Waals surface area contributed by atoms with Gasteiger partial charge in [0.1, 0.15) is 5.82 Å². The molecule has 0 atom stereocenters. The summed E-state index contributed by atoms with van der Waals surface area (Å²) in [6.07, 6.45) is 3.43. The third kappa shape index (κ3) is 6.10. The maximum atomic E-state index is 13.3. The van der Waals surface area contributed by atoms with Gasteiger partial charge < -0.3 is 20.9 Å². The average Bonchev–Trinajstić information content (AvgIpc) is 3.49. The van der Waals surface area contributed by atoms with Gasteiger partial charge in [-0.25, -0.2) is 14.4 Å². The fraction of sp³-hybridized carbons (Fsp3) is 0.333. The number of halogens is 4. The van der Waals surface area contributed by atoms with E-state index in [0.717, 1.165) is 50.9 Å². The highest BCUT2D eigenvalue weighted by Gasteiger charge is 2.47. The molecule has 2 aromatic heterocycles. The summed E-state index contributed by atoms with van der Waals surface area (Å²) in [5.41, 5.74) is -0.0125. The van der Waals surface area contributed by atoms with E-state index in [1.807, 2.05) is 0 Å². The standard InChI is InChI=1S/C27H27F4N7O/c1-17(26(8-9-26)37-24(39)18-13-34-25(35-14-18)38-10-2-3-11-38)32-15-20-5-6-21(16-33-20)36-23-7-4-19(28)12-22(23)27(29,30)31/h4-7,12-14,16,32,36H,1-3,8-11,15H2,(H,37,39). The summed E-state index contributed by atoms with van der Waals surface area (Å²) in [6, 6.07) is 5.67. The third-order valence-corrected chi connectivity index (χ3v) is 6.84. The molecule has 1 saturated heterocycles. The quantitative estimate of drug-likeness (QED) is 0.331. The van der Waals surface area contributed by atoms with E-state index < -0.39 is 23.1 Å². The first kappa shape index (κ1) is 26.4. The monoisotopic (exact) mass is 541 g/mol. The fourth-order valence-electron chi connectivity index (χ4n) is 4.42. The number of nitrogens with one attached hydrogen (secondary N) is 3. The number of hydrogen-bond donors (Lipinski definition) is 3. The van der Waals surface area contributed by atoms with Gasteiger partial charge in [0.2, 0.25) is 5.95 Å². The molecule has 3 aromatic rings. The number of amides is 1. The molecule has 1 amide bonds. The molecule has 204 valence electrons. The Hall–Kier alpha value is -4.22. The maximum absolute atomic E-state index is 13.3. The number of carbonyl (C=O) groups excluding carboxylic acids is 1. The molecule has 0 radical (unpaired) electrons. The van der Waals surface area contributed by atoms with E-state index in [4.69, 9.17) is 0 Å². The van der Waals surface area contributed by atoms with Crippen molar-refractivity contribution >= 4 is 23.2 Å². The number of pyridine rings is 1. The van der Waals surface area contributed by atoms with Crippen molar-refractivity contribution in [2.24, 2.45) is 0 Å². The van der Waals surface area contributed by atoms with Crippen LogP contribution < -0.4 is 20.9 Å². The van der Waals surface area contributed by atoms with Crippen molar-refractivity contribution in [3.05, 3.63) is 83.8 Å². The summed E-state index contributed by atoms with van der Waals surface area (Å²) in [7, 11) is 0. The second-order valence-electron chi connectivity index (χ2n) is 9.69. The van der Waals surface area contributed by atoms with Crippen LogP contribution in [0.15, 0.2) is 61.2 Å². The van der Waals surface area contributed by atoms with E-state index in [2.05, 4.69) is 42.4 Å². The number of anilines is 3. The Balaban J connectivity index is 1.15. The first-order chi connectivity index (χ1) is 18.6. The van der Waals surface area contributed by atoms with Crippen LogP contribution in [-0.4, -0.2) is 39.5 Å². The van der Waals surface area contributed by atoms with Gasteiger partial charge in [-0.05, 0) is 56.0 Å². The molecular weight excluding hydrogens is 514 g/mol. The minimum Gasteiger partial charge on any atom is -0.381 e. The Morgan fingerprint density at radius 3 is 2.36 bits per heavy atom. The minimum absolute atomic E-state index is 0.271. The van der Waals surface area contributed by atoms with Gasteiger partial charge in [0.05, 0.1) is 46.5 Å². The molecular formula is C27H27F4N7O. The SMILES string of the molecule is C=C(NCc1ccc(Nc2ccc(F)cc2C(F)(F)F)cn1)C1(NC(=O)c2cnc(N3CCCC3)nc2)CC1. The van der Waals surface area contributed by atoms with E-state index in [0.29, 0.717) is 41.2 Å². The highest BCUT2D eigenvalue weighted by molar-refractivity contribution is 5.94. The Bertz CT molecular complexity index is 1350. The van der Waals surface area contributed by atoms with Crippen LogP contribution in [-0.2, 0) is 12.7 Å². The lowest BCUT2D eigenvalue weighted by Crippen LogP contribution is -2.42. The van der Waals surface area contributed by atoms with Crippen LogP contribution in [0.3, 0.4) is 0 Å². The molecule has 3 heterocycles. The summed E-state index contributed by atoms with van der Waals surface area (Å²) < 4.78 is 53.1. The molecule has 1 aliphatic heterocycles. The zero-order valence-corrected chi connectivity index (χ0v) is 21.0. The third-order valence-electron chi connectivity index (χ3n) is 6.84. The second kappa shape index (κ2) is 10.5. The number of nitrogens with zero attached hydrogens (tertiary/aromatic N) is 4. The predicted molar refractivity (Wildman–Crippen MR) is 138 cm³/mol. The number of aromatic nitrogens is 3. The topological polar surface area (TPSA) is 95.1 Å². The Kier molecular flexibility index (Phi) is 7.11. The van der Waals surface area contributed by atoms with Crippen molar-refractivity contribution in [2.45, 2.75) is 43.9 Å². The van der Waals surface area contributed by atoms with Crippen molar-refractivity contribution in [1.29, 1.82) is 0 Å². The van der Waals surface area contributed by atoms with Crippen molar-refractivity contribution < 1.29 is 22.4 Å². The second-order valence-corrected chi connectivity index (χ2v) is 9.69. The Labute approximate surface area is 222 Å². The van der Waals surface area contributed by atoms with Gasteiger partial charge in [-0.1, -0.05) is 6.58 Å². The zero-order valence-electron chi connectivity index (χ0n) is 21.0. The highest BCUT2D eigenvalue weighted by Crippen LogP contribution is 2.41. The predicted octanol–water partition coefficient (Wildman–Crippen LogP) is 4.94. The van der Waals surface area contributed by atoms with E-state index in [9.17, 15) is 22.4 Å². The van der Waals surface area contributed by atoms with Crippen molar-refractivity contribution in [1.82, 2.24) is 25.6 Å².